The number of hydrogen-bond donors (Lipinski definition) is 3. The van der Waals surface area contributed by atoms with Crippen molar-refractivity contribution in [2.75, 3.05) is 11.3 Å². The molecule has 0 spiro atoms. The molecule has 6 nitrogen and oxygen atoms in total. The number of rotatable bonds is 8. The summed E-state index contributed by atoms with van der Waals surface area (Å²) in [6, 6.07) is 10.6. The lowest BCUT2D eigenvalue weighted by Crippen LogP contribution is -2.49. The van der Waals surface area contributed by atoms with Crippen LogP contribution in [0.1, 0.15) is 37.0 Å². The van der Waals surface area contributed by atoms with E-state index in [0.717, 1.165) is 12.1 Å². The van der Waals surface area contributed by atoms with Gasteiger partial charge in [0.25, 0.3) is 15.9 Å². The van der Waals surface area contributed by atoms with Gasteiger partial charge in [0.1, 0.15) is 5.82 Å². The smallest absolute Gasteiger partial charge is 0.261 e. The Kier molecular flexibility index (Phi) is 8.41. The highest BCUT2D eigenvalue weighted by molar-refractivity contribution is 7.92. The number of sulfonamides is 1. The maximum Gasteiger partial charge on any atom is 0.261 e. The first-order valence-corrected chi connectivity index (χ1v) is 10.1. The van der Waals surface area contributed by atoms with Crippen LogP contribution in [0.2, 0.25) is 0 Å². The number of nitrogens with one attached hydrogen (secondary N) is 2. The predicted octanol–water partition coefficient (Wildman–Crippen LogP) is 3.30. The highest BCUT2D eigenvalue weighted by atomic mass is 35.5. The number of anilines is 1. The molecule has 4 N–H and O–H groups in total. The molecule has 0 aliphatic heterocycles. The first-order valence-electron chi connectivity index (χ1n) is 8.64. The van der Waals surface area contributed by atoms with Crippen molar-refractivity contribution in [3.8, 4) is 0 Å². The first kappa shape index (κ1) is 23.9. The molecule has 2 aromatic rings. The lowest BCUT2D eigenvalue weighted by molar-refractivity contribution is 0.0942. The molecule has 0 aliphatic carbocycles. The number of amides is 1. The van der Waals surface area contributed by atoms with Crippen LogP contribution in [0.4, 0.5) is 10.1 Å². The summed E-state index contributed by atoms with van der Waals surface area (Å²) in [5, 5.41) is 2.76. The van der Waals surface area contributed by atoms with Crippen molar-refractivity contribution in [2.45, 2.75) is 37.1 Å². The number of carbonyl (C=O) groups is 1. The molecule has 0 aromatic heterocycles. The maximum atomic E-state index is 13.0. The van der Waals surface area contributed by atoms with Crippen molar-refractivity contribution in [2.24, 2.45) is 5.73 Å². The Morgan fingerprint density at radius 3 is 2.29 bits per heavy atom. The van der Waals surface area contributed by atoms with Gasteiger partial charge in [-0.3, -0.25) is 9.52 Å². The second-order valence-electron chi connectivity index (χ2n) is 6.39. The average molecular weight is 430 g/mol. The van der Waals surface area contributed by atoms with Gasteiger partial charge >= 0.3 is 0 Å². The van der Waals surface area contributed by atoms with Gasteiger partial charge < -0.3 is 11.1 Å². The third kappa shape index (κ3) is 6.19. The fourth-order valence-electron chi connectivity index (χ4n) is 2.39. The van der Waals surface area contributed by atoms with Crippen molar-refractivity contribution < 1.29 is 17.6 Å². The predicted molar refractivity (Wildman–Crippen MR) is 111 cm³/mol. The highest BCUT2D eigenvalue weighted by Crippen LogP contribution is 2.18. The summed E-state index contributed by atoms with van der Waals surface area (Å²) in [5.41, 5.74) is 6.12. The molecule has 0 radical (unpaired) electrons. The van der Waals surface area contributed by atoms with Crippen LogP contribution in [0, 0.1) is 5.82 Å². The van der Waals surface area contributed by atoms with Crippen LogP contribution >= 0.6 is 12.4 Å². The van der Waals surface area contributed by atoms with Crippen molar-refractivity contribution >= 4 is 34.0 Å². The summed E-state index contributed by atoms with van der Waals surface area (Å²) in [5.74, 6) is -0.864. The summed E-state index contributed by atoms with van der Waals surface area (Å²) >= 11 is 0. The van der Waals surface area contributed by atoms with Gasteiger partial charge in [0, 0.05) is 23.3 Å². The van der Waals surface area contributed by atoms with E-state index in [2.05, 4.69) is 10.0 Å². The molecule has 0 atom stereocenters. The van der Waals surface area contributed by atoms with Gasteiger partial charge in [-0.25, -0.2) is 12.8 Å². The highest BCUT2D eigenvalue weighted by Gasteiger charge is 2.22. The molecule has 0 unspecified atom stereocenters. The Morgan fingerprint density at radius 1 is 1.11 bits per heavy atom. The molecular formula is C19H25ClFN3O3S. The van der Waals surface area contributed by atoms with Gasteiger partial charge in [-0.15, -0.1) is 12.4 Å². The SMILES string of the molecule is CCC(N)(CC)CNC(=O)c1cccc(S(=O)(=O)Nc2ccc(F)cc2)c1.Cl. The molecule has 0 aliphatic rings. The van der Waals surface area contributed by atoms with E-state index in [-0.39, 0.29) is 28.6 Å². The quantitative estimate of drug-likeness (QED) is 0.599. The summed E-state index contributed by atoms with van der Waals surface area (Å²) < 4.78 is 40.3. The fraction of sp³-hybridized carbons (Fsp3) is 0.316. The summed E-state index contributed by atoms with van der Waals surface area (Å²) in [6.07, 6.45) is 1.42. The number of nitrogens with two attached hydrogens (primary N) is 1. The van der Waals surface area contributed by atoms with E-state index in [1.54, 1.807) is 0 Å². The first-order chi connectivity index (χ1) is 12.7. The topological polar surface area (TPSA) is 101 Å². The minimum absolute atomic E-state index is 0. The van der Waals surface area contributed by atoms with Crippen molar-refractivity contribution in [3.05, 3.63) is 59.9 Å². The molecular weight excluding hydrogens is 405 g/mol. The zero-order valence-corrected chi connectivity index (χ0v) is 17.4. The number of carbonyl (C=O) groups excluding carboxylic acids is 1. The second-order valence-corrected chi connectivity index (χ2v) is 8.07. The van der Waals surface area contributed by atoms with E-state index in [1.165, 1.54) is 36.4 Å². The Hall–Kier alpha value is -2.16. The van der Waals surface area contributed by atoms with Gasteiger partial charge in [0.2, 0.25) is 0 Å². The van der Waals surface area contributed by atoms with E-state index < -0.39 is 27.3 Å². The van der Waals surface area contributed by atoms with Gasteiger partial charge in [-0.2, -0.15) is 0 Å². The Labute approximate surface area is 171 Å². The average Bonchev–Trinajstić information content (AvgIpc) is 2.67. The van der Waals surface area contributed by atoms with Crippen LogP contribution in [0.5, 0.6) is 0 Å². The zero-order valence-electron chi connectivity index (χ0n) is 15.7. The van der Waals surface area contributed by atoms with E-state index in [9.17, 15) is 17.6 Å². The molecule has 0 saturated carbocycles. The van der Waals surface area contributed by atoms with Crippen LogP contribution < -0.4 is 15.8 Å². The number of benzene rings is 2. The minimum atomic E-state index is -3.91. The van der Waals surface area contributed by atoms with Crippen LogP contribution in [-0.4, -0.2) is 26.4 Å². The Bertz CT molecular complexity index is 901. The van der Waals surface area contributed by atoms with Crippen LogP contribution in [0.25, 0.3) is 0 Å². The maximum absolute atomic E-state index is 13.0. The van der Waals surface area contributed by atoms with Crippen molar-refractivity contribution in [1.82, 2.24) is 5.32 Å². The Morgan fingerprint density at radius 2 is 1.71 bits per heavy atom. The van der Waals surface area contributed by atoms with E-state index in [0.29, 0.717) is 19.4 Å². The molecule has 0 bridgehead atoms. The molecule has 0 fully saturated rings. The van der Waals surface area contributed by atoms with Crippen LogP contribution in [0.15, 0.2) is 53.4 Å². The number of hydrogen-bond acceptors (Lipinski definition) is 4. The van der Waals surface area contributed by atoms with Crippen LogP contribution in [-0.2, 0) is 10.0 Å². The third-order valence-electron chi connectivity index (χ3n) is 4.51. The number of halogens is 2. The molecule has 154 valence electrons. The second kappa shape index (κ2) is 9.86. The van der Waals surface area contributed by atoms with Crippen molar-refractivity contribution in [3.63, 3.8) is 0 Å². The van der Waals surface area contributed by atoms with E-state index >= 15 is 0 Å². The van der Waals surface area contributed by atoms with Crippen LogP contribution in [0.3, 0.4) is 0 Å². The fourth-order valence-corrected chi connectivity index (χ4v) is 3.50. The molecule has 2 aromatic carbocycles. The largest absolute Gasteiger partial charge is 0.350 e. The zero-order chi connectivity index (χ0) is 20.1. The molecule has 9 heteroatoms. The Balaban J connectivity index is 0.00000392. The molecule has 1 amide bonds. The standard InChI is InChI=1S/C19H24FN3O3S.ClH/c1-3-19(21,4-2)13-22-18(24)14-6-5-7-17(12-14)27(25,26)23-16-10-8-15(20)9-11-16;/h5-12,23H,3-4,13,21H2,1-2H3,(H,22,24);1H. The van der Waals surface area contributed by atoms with Crippen molar-refractivity contribution in [1.29, 1.82) is 0 Å². The molecule has 0 heterocycles. The minimum Gasteiger partial charge on any atom is -0.350 e. The lowest BCUT2D eigenvalue weighted by Gasteiger charge is -2.26. The van der Waals surface area contributed by atoms with Gasteiger partial charge in [-0.1, -0.05) is 19.9 Å². The molecule has 0 saturated heterocycles. The van der Waals surface area contributed by atoms with Gasteiger partial charge in [0.15, 0.2) is 0 Å². The summed E-state index contributed by atoms with van der Waals surface area (Å²) in [7, 11) is -3.91. The summed E-state index contributed by atoms with van der Waals surface area (Å²) in [6.45, 7) is 4.19. The summed E-state index contributed by atoms with van der Waals surface area (Å²) in [4.78, 5) is 12.3. The molecule has 28 heavy (non-hydrogen) atoms. The van der Waals surface area contributed by atoms with Gasteiger partial charge in [-0.05, 0) is 55.3 Å². The lowest BCUT2D eigenvalue weighted by atomic mass is 9.94. The normalized spacial score (nSPS) is 11.4. The van der Waals surface area contributed by atoms with E-state index in [4.69, 9.17) is 5.73 Å². The van der Waals surface area contributed by atoms with Gasteiger partial charge in [0.05, 0.1) is 4.90 Å². The molecule has 2 rings (SSSR count). The third-order valence-corrected chi connectivity index (χ3v) is 5.89. The monoisotopic (exact) mass is 429 g/mol. The van der Waals surface area contributed by atoms with E-state index in [1.807, 2.05) is 13.8 Å².